The number of unbranched alkanes of at least 4 members (excludes halogenated alkanes) is 2. The van der Waals surface area contributed by atoms with Crippen molar-refractivity contribution in [3.8, 4) is 5.75 Å². The van der Waals surface area contributed by atoms with Gasteiger partial charge in [0.25, 0.3) is 0 Å². The number of hydrogen-bond acceptors (Lipinski definition) is 3. The predicted octanol–water partition coefficient (Wildman–Crippen LogP) is 4.70. The van der Waals surface area contributed by atoms with Crippen molar-refractivity contribution in [2.24, 2.45) is 17.6 Å². The first kappa shape index (κ1) is 20.3. The SMILES string of the molecule is CC(C)CCCCCOc1ccc(CCC(N)(CO)CC2CC2)cc1. The second kappa shape index (κ2) is 10.2. The fourth-order valence-corrected chi connectivity index (χ4v) is 3.31. The molecule has 0 saturated heterocycles. The van der Waals surface area contributed by atoms with Gasteiger partial charge in [0, 0.05) is 5.54 Å². The molecule has 2 rings (SSSR count). The molecule has 1 fully saturated rings. The third-order valence-electron chi connectivity index (χ3n) is 5.24. The minimum atomic E-state index is -0.410. The van der Waals surface area contributed by atoms with Crippen molar-refractivity contribution in [1.29, 1.82) is 0 Å². The number of aryl methyl sites for hydroxylation is 1. The molecule has 1 aromatic carbocycles. The summed E-state index contributed by atoms with van der Waals surface area (Å²) in [5.41, 5.74) is 7.22. The molecule has 1 atom stereocenters. The summed E-state index contributed by atoms with van der Waals surface area (Å²) in [6.45, 7) is 5.44. The van der Waals surface area contributed by atoms with Crippen molar-refractivity contribution in [1.82, 2.24) is 0 Å². The van der Waals surface area contributed by atoms with E-state index in [-0.39, 0.29) is 6.61 Å². The van der Waals surface area contributed by atoms with Crippen LogP contribution in [-0.4, -0.2) is 23.9 Å². The third-order valence-corrected chi connectivity index (χ3v) is 5.24. The maximum atomic E-state index is 9.63. The normalized spacial score (nSPS) is 16.8. The van der Waals surface area contributed by atoms with Crippen LogP contribution in [0.2, 0.25) is 0 Å². The lowest BCUT2D eigenvalue weighted by molar-refractivity contribution is 0.172. The van der Waals surface area contributed by atoms with E-state index in [4.69, 9.17) is 10.5 Å². The van der Waals surface area contributed by atoms with Gasteiger partial charge >= 0.3 is 0 Å². The Morgan fingerprint density at radius 3 is 2.48 bits per heavy atom. The third kappa shape index (κ3) is 8.24. The highest BCUT2D eigenvalue weighted by Crippen LogP contribution is 2.37. The fourth-order valence-electron chi connectivity index (χ4n) is 3.31. The summed E-state index contributed by atoms with van der Waals surface area (Å²) in [7, 11) is 0. The zero-order chi connectivity index (χ0) is 18.1. The molecule has 142 valence electrons. The molecule has 0 heterocycles. The predicted molar refractivity (Wildman–Crippen MR) is 105 cm³/mol. The average Bonchev–Trinajstić information content (AvgIpc) is 3.41. The highest BCUT2D eigenvalue weighted by atomic mass is 16.5. The summed E-state index contributed by atoms with van der Waals surface area (Å²) in [6.07, 6.45) is 10.3. The standard InChI is InChI=1S/C22H37NO2/c1-18(2)6-4-3-5-15-25-21-11-9-19(10-12-21)13-14-22(23,17-24)16-20-7-8-20/h9-12,18,20,24H,3-8,13-17,23H2,1-2H3. The monoisotopic (exact) mass is 347 g/mol. The van der Waals surface area contributed by atoms with Gasteiger partial charge in [0.05, 0.1) is 13.2 Å². The zero-order valence-electron chi connectivity index (χ0n) is 16.2. The molecule has 0 radical (unpaired) electrons. The minimum Gasteiger partial charge on any atom is -0.494 e. The number of ether oxygens (including phenoxy) is 1. The van der Waals surface area contributed by atoms with Crippen LogP contribution in [0, 0.1) is 11.8 Å². The van der Waals surface area contributed by atoms with Crippen molar-refractivity contribution in [3.63, 3.8) is 0 Å². The van der Waals surface area contributed by atoms with Gasteiger partial charge in [0.2, 0.25) is 0 Å². The quantitative estimate of drug-likeness (QED) is 0.508. The maximum absolute atomic E-state index is 9.63. The van der Waals surface area contributed by atoms with E-state index in [1.54, 1.807) is 0 Å². The van der Waals surface area contributed by atoms with Gasteiger partial charge < -0.3 is 15.6 Å². The molecule has 3 nitrogen and oxygen atoms in total. The van der Waals surface area contributed by atoms with Gasteiger partial charge in [-0.3, -0.25) is 0 Å². The Kier molecular flexibility index (Phi) is 8.25. The average molecular weight is 348 g/mol. The number of aliphatic hydroxyl groups excluding tert-OH is 1. The molecule has 0 aliphatic heterocycles. The summed E-state index contributed by atoms with van der Waals surface area (Å²) in [5.74, 6) is 2.50. The van der Waals surface area contributed by atoms with Gasteiger partial charge in [-0.15, -0.1) is 0 Å². The largest absolute Gasteiger partial charge is 0.494 e. The summed E-state index contributed by atoms with van der Waals surface area (Å²) in [4.78, 5) is 0. The second-order valence-electron chi connectivity index (χ2n) is 8.40. The first-order valence-corrected chi connectivity index (χ1v) is 10.1. The van der Waals surface area contributed by atoms with Gasteiger partial charge in [0.15, 0.2) is 0 Å². The maximum Gasteiger partial charge on any atom is 0.119 e. The Balaban J connectivity index is 1.65. The molecule has 1 aliphatic carbocycles. The van der Waals surface area contributed by atoms with Gasteiger partial charge in [-0.25, -0.2) is 0 Å². The molecule has 0 bridgehead atoms. The minimum absolute atomic E-state index is 0.0848. The molecule has 0 aromatic heterocycles. The fraction of sp³-hybridized carbons (Fsp3) is 0.727. The lowest BCUT2D eigenvalue weighted by Crippen LogP contribution is -2.44. The van der Waals surface area contributed by atoms with E-state index in [1.807, 2.05) is 0 Å². The van der Waals surface area contributed by atoms with E-state index in [2.05, 4.69) is 38.1 Å². The highest BCUT2D eigenvalue weighted by Gasteiger charge is 2.33. The second-order valence-corrected chi connectivity index (χ2v) is 8.40. The molecule has 0 spiro atoms. The molecule has 0 amide bonds. The summed E-state index contributed by atoms with van der Waals surface area (Å²) < 4.78 is 5.83. The lowest BCUT2D eigenvalue weighted by Gasteiger charge is -2.27. The van der Waals surface area contributed by atoms with Crippen LogP contribution in [0.25, 0.3) is 0 Å². The van der Waals surface area contributed by atoms with E-state index < -0.39 is 5.54 Å². The van der Waals surface area contributed by atoms with E-state index in [0.717, 1.165) is 49.9 Å². The lowest BCUT2D eigenvalue weighted by atomic mass is 9.88. The molecule has 1 aromatic rings. The van der Waals surface area contributed by atoms with Gasteiger partial charge in [-0.2, -0.15) is 0 Å². The van der Waals surface area contributed by atoms with Crippen molar-refractivity contribution in [2.75, 3.05) is 13.2 Å². The van der Waals surface area contributed by atoms with Gasteiger partial charge in [-0.1, -0.05) is 58.1 Å². The van der Waals surface area contributed by atoms with Crippen LogP contribution < -0.4 is 10.5 Å². The number of rotatable bonds is 13. The Bertz CT molecular complexity index is 481. The smallest absolute Gasteiger partial charge is 0.119 e. The molecule has 3 N–H and O–H groups in total. The van der Waals surface area contributed by atoms with E-state index in [0.29, 0.717) is 0 Å². The topological polar surface area (TPSA) is 55.5 Å². The molecular formula is C22H37NO2. The van der Waals surface area contributed by atoms with Crippen molar-refractivity contribution in [2.45, 2.75) is 77.2 Å². The first-order valence-electron chi connectivity index (χ1n) is 10.1. The summed E-state index contributed by atoms with van der Waals surface area (Å²) in [6, 6.07) is 8.37. The van der Waals surface area contributed by atoms with Crippen molar-refractivity contribution >= 4 is 0 Å². The molecular weight excluding hydrogens is 310 g/mol. The zero-order valence-corrected chi connectivity index (χ0v) is 16.2. The van der Waals surface area contributed by atoms with Crippen LogP contribution in [0.4, 0.5) is 0 Å². The van der Waals surface area contributed by atoms with Crippen molar-refractivity contribution < 1.29 is 9.84 Å². The van der Waals surface area contributed by atoms with Crippen LogP contribution in [0.15, 0.2) is 24.3 Å². The number of benzene rings is 1. The summed E-state index contributed by atoms with van der Waals surface area (Å²) in [5, 5.41) is 9.63. The van der Waals surface area contributed by atoms with E-state index in [9.17, 15) is 5.11 Å². The van der Waals surface area contributed by atoms with Crippen LogP contribution in [-0.2, 0) is 6.42 Å². The Morgan fingerprint density at radius 2 is 1.88 bits per heavy atom. The number of nitrogens with two attached hydrogens (primary N) is 1. The van der Waals surface area contributed by atoms with Crippen LogP contribution in [0.3, 0.4) is 0 Å². The Labute approximate surface area is 154 Å². The van der Waals surface area contributed by atoms with Crippen LogP contribution >= 0.6 is 0 Å². The van der Waals surface area contributed by atoms with E-state index >= 15 is 0 Å². The summed E-state index contributed by atoms with van der Waals surface area (Å²) >= 11 is 0. The molecule has 1 unspecified atom stereocenters. The van der Waals surface area contributed by atoms with Crippen molar-refractivity contribution in [3.05, 3.63) is 29.8 Å². The Hall–Kier alpha value is -1.06. The first-order chi connectivity index (χ1) is 12.0. The molecule has 1 saturated carbocycles. The number of aliphatic hydroxyl groups is 1. The molecule has 3 heteroatoms. The van der Waals surface area contributed by atoms with Crippen LogP contribution in [0.5, 0.6) is 5.75 Å². The highest BCUT2D eigenvalue weighted by molar-refractivity contribution is 5.27. The van der Waals surface area contributed by atoms with Crippen LogP contribution in [0.1, 0.15) is 70.8 Å². The molecule has 25 heavy (non-hydrogen) atoms. The Morgan fingerprint density at radius 1 is 1.16 bits per heavy atom. The number of hydrogen-bond donors (Lipinski definition) is 2. The van der Waals surface area contributed by atoms with Gasteiger partial charge in [-0.05, 0) is 55.2 Å². The molecule has 1 aliphatic rings. The van der Waals surface area contributed by atoms with E-state index in [1.165, 1.54) is 37.7 Å². The van der Waals surface area contributed by atoms with Gasteiger partial charge in [0.1, 0.15) is 5.75 Å².